The first-order chi connectivity index (χ1) is 7.15. The lowest BCUT2D eigenvalue weighted by Gasteiger charge is -2.12. The van der Waals surface area contributed by atoms with Gasteiger partial charge in [0.1, 0.15) is 6.04 Å². The lowest BCUT2D eigenvalue weighted by atomic mass is 10.3. The molecule has 1 rings (SSSR count). The fourth-order valence-corrected chi connectivity index (χ4v) is 1.37. The van der Waals surface area contributed by atoms with Crippen LogP contribution < -0.4 is 5.32 Å². The van der Waals surface area contributed by atoms with Crippen molar-refractivity contribution in [1.29, 1.82) is 0 Å². The van der Waals surface area contributed by atoms with Gasteiger partial charge in [0.05, 0.1) is 17.3 Å². The molecule has 1 amide bonds. The zero-order valence-electron chi connectivity index (χ0n) is 8.74. The molecule has 1 atom stereocenters. The van der Waals surface area contributed by atoms with Crippen molar-refractivity contribution in [1.82, 2.24) is 15.1 Å². The minimum atomic E-state index is -0.312. The third-order valence-corrected chi connectivity index (χ3v) is 2.36. The summed E-state index contributed by atoms with van der Waals surface area (Å²) in [6.45, 7) is 2.82. The van der Waals surface area contributed by atoms with Crippen LogP contribution in [0.15, 0.2) is 16.9 Å². The Balaban J connectivity index is 2.46. The Kier molecular flexibility index (Phi) is 4.77. The topological polar surface area (TPSA) is 56.1 Å². The first-order valence-corrected chi connectivity index (χ1v) is 5.40. The highest BCUT2D eigenvalue weighted by Crippen LogP contribution is 2.11. The number of methoxy groups -OCH3 is 1. The molecule has 0 unspecified atom stereocenters. The zero-order chi connectivity index (χ0) is 11.3. The van der Waals surface area contributed by atoms with Crippen molar-refractivity contribution >= 4 is 21.8 Å². The van der Waals surface area contributed by atoms with Crippen LogP contribution in [0.3, 0.4) is 0 Å². The number of hydrogen-bond acceptors (Lipinski definition) is 3. The number of nitrogens with one attached hydrogen (secondary N) is 1. The Morgan fingerprint density at radius 1 is 1.80 bits per heavy atom. The van der Waals surface area contributed by atoms with E-state index < -0.39 is 0 Å². The maximum absolute atomic E-state index is 11.6. The van der Waals surface area contributed by atoms with E-state index in [9.17, 15) is 4.79 Å². The van der Waals surface area contributed by atoms with E-state index >= 15 is 0 Å². The van der Waals surface area contributed by atoms with Crippen molar-refractivity contribution in [2.24, 2.45) is 0 Å². The van der Waals surface area contributed by atoms with E-state index in [-0.39, 0.29) is 11.9 Å². The van der Waals surface area contributed by atoms with Crippen LogP contribution in [0.4, 0.5) is 0 Å². The molecule has 1 aromatic rings. The molecule has 0 bridgehead atoms. The van der Waals surface area contributed by atoms with Crippen molar-refractivity contribution < 1.29 is 9.53 Å². The Hall–Kier alpha value is -0.880. The van der Waals surface area contributed by atoms with Gasteiger partial charge in [-0.3, -0.25) is 9.48 Å². The molecule has 0 aliphatic rings. The summed E-state index contributed by atoms with van der Waals surface area (Å²) >= 11 is 3.28. The number of aromatic nitrogens is 2. The van der Waals surface area contributed by atoms with E-state index in [0.29, 0.717) is 13.2 Å². The molecule has 6 heteroatoms. The van der Waals surface area contributed by atoms with Crippen LogP contribution in [0.5, 0.6) is 0 Å². The standard InChI is InChI=1S/C9H14BrN3O2/c1-7(9(14)11-3-4-15-2)13-6-8(10)5-12-13/h5-7H,3-4H2,1-2H3,(H,11,14)/t7-/m1/s1. The third kappa shape index (κ3) is 3.64. The summed E-state index contributed by atoms with van der Waals surface area (Å²) in [5.74, 6) is -0.0670. The van der Waals surface area contributed by atoms with E-state index in [0.717, 1.165) is 4.47 Å². The molecule has 0 aromatic carbocycles. The minimum absolute atomic E-state index is 0.0670. The summed E-state index contributed by atoms with van der Waals surface area (Å²) in [5.41, 5.74) is 0. The van der Waals surface area contributed by atoms with Gasteiger partial charge in [-0.1, -0.05) is 0 Å². The van der Waals surface area contributed by atoms with Crippen LogP contribution in [0, 0.1) is 0 Å². The molecule has 0 aliphatic heterocycles. The highest BCUT2D eigenvalue weighted by molar-refractivity contribution is 9.10. The second-order valence-corrected chi connectivity index (χ2v) is 4.01. The Morgan fingerprint density at radius 2 is 2.53 bits per heavy atom. The van der Waals surface area contributed by atoms with Crippen LogP contribution in [0.25, 0.3) is 0 Å². The zero-order valence-corrected chi connectivity index (χ0v) is 10.3. The largest absolute Gasteiger partial charge is 0.383 e. The maximum Gasteiger partial charge on any atom is 0.244 e. The minimum Gasteiger partial charge on any atom is -0.383 e. The van der Waals surface area contributed by atoms with Crippen molar-refractivity contribution in [3.05, 3.63) is 16.9 Å². The molecule has 1 N–H and O–H groups in total. The van der Waals surface area contributed by atoms with E-state index in [1.807, 2.05) is 0 Å². The molecule has 1 heterocycles. The quantitative estimate of drug-likeness (QED) is 0.815. The van der Waals surface area contributed by atoms with Crippen molar-refractivity contribution in [3.63, 3.8) is 0 Å². The predicted molar refractivity (Wildman–Crippen MR) is 59.5 cm³/mol. The molecule has 0 saturated carbocycles. The molecule has 5 nitrogen and oxygen atoms in total. The summed E-state index contributed by atoms with van der Waals surface area (Å²) in [7, 11) is 1.60. The maximum atomic E-state index is 11.6. The first-order valence-electron chi connectivity index (χ1n) is 4.61. The second kappa shape index (κ2) is 5.87. The number of ether oxygens (including phenoxy) is 1. The molecule has 0 fully saturated rings. The SMILES string of the molecule is COCCNC(=O)[C@@H](C)n1cc(Br)cn1. The summed E-state index contributed by atoms with van der Waals surface area (Å²) in [6, 6.07) is -0.312. The summed E-state index contributed by atoms with van der Waals surface area (Å²) in [4.78, 5) is 11.6. The van der Waals surface area contributed by atoms with Gasteiger partial charge in [0, 0.05) is 19.9 Å². The number of hydrogen-bond donors (Lipinski definition) is 1. The van der Waals surface area contributed by atoms with Gasteiger partial charge in [0.25, 0.3) is 0 Å². The fourth-order valence-electron chi connectivity index (χ4n) is 1.07. The number of rotatable bonds is 5. The lowest BCUT2D eigenvalue weighted by Crippen LogP contribution is -2.33. The van der Waals surface area contributed by atoms with E-state index in [4.69, 9.17) is 4.74 Å². The number of nitrogens with zero attached hydrogens (tertiary/aromatic N) is 2. The number of amides is 1. The molecule has 0 radical (unpaired) electrons. The van der Waals surface area contributed by atoms with E-state index in [1.54, 1.807) is 31.1 Å². The predicted octanol–water partition coefficient (Wildman–Crippen LogP) is 0.969. The van der Waals surface area contributed by atoms with Crippen LogP contribution in [0.2, 0.25) is 0 Å². The van der Waals surface area contributed by atoms with Gasteiger partial charge in [0.2, 0.25) is 5.91 Å². The van der Waals surface area contributed by atoms with Crippen LogP contribution in [-0.2, 0) is 9.53 Å². The van der Waals surface area contributed by atoms with Crippen LogP contribution in [0.1, 0.15) is 13.0 Å². The van der Waals surface area contributed by atoms with Gasteiger partial charge in [0.15, 0.2) is 0 Å². The molecule has 1 aromatic heterocycles. The van der Waals surface area contributed by atoms with Crippen molar-refractivity contribution in [2.75, 3.05) is 20.3 Å². The summed E-state index contributed by atoms with van der Waals surface area (Å²) in [6.07, 6.45) is 3.42. The molecule has 84 valence electrons. The lowest BCUT2D eigenvalue weighted by molar-refractivity contribution is -0.124. The highest BCUT2D eigenvalue weighted by atomic mass is 79.9. The number of halogens is 1. The number of carbonyl (C=O) groups excluding carboxylic acids is 1. The first kappa shape index (κ1) is 12.2. The number of carbonyl (C=O) groups is 1. The van der Waals surface area contributed by atoms with E-state index in [1.165, 1.54) is 0 Å². The smallest absolute Gasteiger partial charge is 0.244 e. The van der Waals surface area contributed by atoms with Crippen molar-refractivity contribution in [2.45, 2.75) is 13.0 Å². The molecule has 15 heavy (non-hydrogen) atoms. The van der Waals surface area contributed by atoms with E-state index in [2.05, 4.69) is 26.3 Å². The highest BCUT2D eigenvalue weighted by Gasteiger charge is 2.14. The second-order valence-electron chi connectivity index (χ2n) is 3.10. The average molecular weight is 276 g/mol. The van der Waals surface area contributed by atoms with Gasteiger partial charge in [-0.2, -0.15) is 5.10 Å². The molecule has 0 spiro atoms. The average Bonchev–Trinajstić information content (AvgIpc) is 2.64. The molecular formula is C9H14BrN3O2. The Bertz CT molecular complexity index is 327. The summed E-state index contributed by atoms with van der Waals surface area (Å²) < 4.78 is 7.30. The Labute approximate surface area is 96.9 Å². The fraction of sp³-hybridized carbons (Fsp3) is 0.556. The van der Waals surface area contributed by atoms with Gasteiger partial charge < -0.3 is 10.1 Å². The normalized spacial score (nSPS) is 12.5. The van der Waals surface area contributed by atoms with Crippen LogP contribution in [-0.4, -0.2) is 35.9 Å². The van der Waals surface area contributed by atoms with Gasteiger partial charge >= 0.3 is 0 Å². The monoisotopic (exact) mass is 275 g/mol. The van der Waals surface area contributed by atoms with Crippen molar-refractivity contribution in [3.8, 4) is 0 Å². The van der Waals surface area contributed by atoms with Crippen LogP contribution >= 0.6 is 15.9 Å². The van der Waals surface area contributed by atoms with Gasteiger partial charge in [-0.25, -0.2) is 0 Å². The Morgan fingerprint density at radius 3 is 3.07 bits per heavy atom. The van der Waals surface area contributed by atoms with Gasteiger partial charge in [-0.15, -0.1) is 0 Å². The molecule has 0 aliphatic carbocycles. The van der Waals surface area contributed by atoms with Gasteiger partial charge in [-0.05, 0) is 22.9 Å². The molecule has 0 saturated heterocycles. The molecular weight excluding hydrogens is 262 g/mol. The third-order valence-electron chi connectivity index (χ3n) is 1.95. The summed E-state index contributed by atoms with van der Waals surface area (Å²) in [5, 5.41) is 6.79.